The first-order valence-electron chi connectivity index (χ1n) is 4.19. The third-order valence-corrected chi connectivity index (χ3v) is 2.38. The molecule has 0 bridgehead atoms. The summed E-state index contributed by atoms with van der Waals surface area (Å²) >= 11 is 0. The third kappa shape index (κ3) is 8.17. The lowest BCUT2D eigenvalue weighted by Crippen LogP contribution is -2.31. The van der Waals surface area contributed by atoms with E-state index in [1.54, 1.807) is 13.4 Å². The predicted octanol–water partition coefficient (Wildman–Crippen LogP) is 0.379. The lowest BCUT2D eigenvalue weighted by molar-refractivity contribution is 0.172. The van der Waals surface area contributed by atoms with Gasteiger partial charge in [0.25, 0.3) is 0 Å². The molecule has 12 heavy (non-hydrogen) atoms. The SMILES string of the molecule is COCC(C)NCCCS(C)=O. The second-order valence-electron chi connectivity index (χ2n) is 2.94. The van der Waals surface area contributed by atoms with Crippen molar-refractivity contribution in [2.45, 2.75) is 19.4 Å². The summed E-state index contributed by atoms with van der Waals surface area (Å²) in [5.74, 6) is 0.784. The van der Waals surface area contributed by atoms with E-state index in [4.69, 9.17) is 4.74 Å². The van der Waals surface area contributed by atoms with Gasteiger partial charge in [-0.2, -0.15) is 0 Å². The summed E-state index contributed by atoms with van der Waals surface area (Å²) in [6.07, 6.45) is 2.70. The monoisotopic (exact) mass is 193 g/mol. The highest BCUT2D eigenvalue weighted by Gasteiger charge is 1.98. The van der Waals surface area contributed by atoms with Gasteiger partial charge in [0.2, 0.25) is 0 Å². The normalized spacial score (nSPS) is 15.9. The second-order valence-corrected chi connectivity index (χ2v) is 4.50. The van der Waals surface area contributed by atoms with E-state index in [9.17, 15) is 4.21 Å². The molecule has 1 N–H and O–H groups in total. The van der Waals surface area contributed by atoms with E-state index >= 15 is 0 Å². The maximum absolute atomic E-state index is 10.7. The molecule has 0 saturated heterocycles. The van der Waals surface area contributed by atoms with Crippen LogP contribution in [0.5, 0.6) is 0 Å². The Labute approximate surface area is 77.3 Å². The molecular weight excluding hydrogens is 174 g/mol. The van der Waals surface area contributed by atoms with Gasteiger partial charge in [-0.3, -0.25) is 4.21 Å². The Kier molecular flexibility index (Phi) is 7.75. The number of hydrogen-bond donors (Lipinski definition) is 1. The fourth-order valence-corrected chi connectivity index (χ4v) is 1.48. The molecular formula is C8H19NO2S. The Morgan fingerprint density at radius 2 is 2.25 bits per heavy atom. The first kappa shape index (κ1) is 12.1. The van der Waals surface area contributed by atoms with Crippen LogP contribution in [0.15, 0.2) is 0 Å². The molecule has 0 fully saturated rings. The Balaban J connectivity index is 3.13. The van der Waals surface area contributed by atoms with Crippen molar-refractivity contribution in [3.8, 4) is 0 Å². The molecule has 0 aromatic rings. The van der Waals surface area contributed by atoms with Gasteiger partial charge in [-0.15, -0.1) is 0 Å². The minimum absolute atomic E-state index is 0.389. The Morgan fingerprint density at radius 3 is 2.75 bits per heavy atom. The van der Waals surface area contributed by atoms with Crippen LogP contribution in [0.4, 0.5) is 0 Å². The van der Waals surface area contributed by atoms with Crippen molar-refractivity contribution in [1.29, 1.82) is 0 Å². The topological polar surface area (TPSA) is 38.3 Å². The lowest BCUT2D eigenvalue weighted by atomic mass is 10.3. The maximum Gasteiger partial charge on any atom is 0.0613 e. The van der Waals surface area contributed by atoms with Crippen LogP contribution in [0.1, 0.15) is 13.3 Å². The molecule has 74 valence electrons. The van der Waals surface area contributed by atoms with Gasteiger partial charge in [0.05, 0.1) is 6.61 Å². The summed E-state index contributed by atoms with van der Waals surface area (Å²) < 4.78 is 15.6. The molecule has 0 heterocycles. The molecule has 0 spiro atoms. The summed E-state index contributed by atoms with van der Waals surface area (Å²) in [6, 6.07) is 0.389. The van der Waals surface area contributed by atoms with Crippen molar-refractivity contribution < 1.29 is 8.95 Å². The van der Waals surface area contributed by atoms with Crippen LogP contribution in [0.25, 0.3) is 0 Å². The number of ether oxygens (including phenoxy) is 1. The summed E-state index contributed by atoms with van der Waals surface area (Å²) in [6.45, 7) is 3.73. The van der Waals surface area contributed by atoms with Crippen molar-refractivity contribution in [1.82, 2.24) is 5.32 Å². The van der Waals surface area contributed by atoms with Crippen LogP contribution in [0.2, 0.25) is 0 Å². The molecule has 0 aliphatic carbocycles. The maximum atomic E-state index is 10.7. The molecule has 0 aromatic heterocycles. The number of hydrogen-bond acceptors (Lipinski definition) is 3. The zero-order chi connectivity index (χ0) is 9.40. The van der Waals surface area contributed by atoms with Crippen molar-refractivity contribution in [3.63, 3.8) is 0 Å². The van der Waals surface area contributed by atoms with Gasteiger partial charge in [0.1, 0.15) is 0 Å². The standard InChI is InChI=1S/C8H19NO2S/c1-8(7-11-2)9-5-4-6-12(3)10/h8-9H,4-7H2,1-3H3. The van der Waals surface area contributed by atoms with Crippen molar-refractivity contribution in [2.75, 3.05) is 32.3 Å². The van der Waals surface area contributed by atoms with E-state index < -0.39 is 10.8 Å². The van der Waals surface area contributed by atoms with Crippen LogP contribution in [0, 0.1) is 0 Å². The second kappa shape index (κ2) is 7.71. The highest BCUT2D eigenvalue weighted by molar-refractivity contribution is 7.84. The highest BCUT2D eigenvalue weighted by atomic mass is 32.2. The molecule has 0 amide bonds. The number of nitrogens with one attached hydrogen (secondary N) is 1. The zero-order valence-corrected chi connectivity index (χ0v) is 8.95. The van der Waals surface area contributed by atoms with Gasteiger partial charge >= 0.3 is 0 Å². The van der Waals surface area contributed by atoms with E-state index in [0.717, 1.165) is 25.3 Å². The molecule has 3 nitrogen and oxygen atoms in total. The van der Waals surface area contributed by atoms with Gasteiger partial charge in [0, 0.05) is 36.0 Å². The van der Waals surface area contributed by atoms with E-state index in [2.05, 4.69) is 12.2 Å². The molecule has 4 heteroatoms. The fourth-order valence-electron chi connectivity index (χ4n) is 0.933. The van der Waals surface area contributed by atoms with E-state index in [1.165, 1.54) is 0 Å². The Bertz CT molecular complexity index is 130. The molecule has 2 unspecified atom stereocenters. The summed E-state index contributed by atoms with van der Waals surface area (Å²) in [7, 11) is 1.04. The lowest BCUT2D eigenvalue weighted by Gasteiger charge is -2.11. The van der Waals surface area contributed by atoms with E-state index in [0.29, 0.717) is 6.04 Å². The van der Waals surface area contributed by atoms with Crippen LogP contribution >= 0.6 is 0 Å². The Morgan fingerprint density at radius 1 is 1.58 bits per heavy atom. The predicted molar refractivity (Wildman–Crippen MR) is 52.9 cm³/mol. The van der Waals surface area contributed by atoms with Gasteiger partial charge in [-0.25, -0.2) is 0 Å². The van der Waals surface area contributed by atoms with Gasteiger partial charge in [0.15, 0.2) is 0 Å². The quantitative estimate of drug-likeness (QED) is 0.594. The average Bonchev–Trinajstić information content (AvgIpc) is 1.98. The average molecular weight is 193 g/mol. The summed E-state index contributed by atoms with van der Waals surface area (Å²) in [5, 5.41) is 3.28. The van der Waals surface area contributed by atoms with Crippen molar-refractivity contribution in [2.24, 2.45) is 0 Å². The van der Waals surface area contributed by atoms with Crippen LogP contribution < -0.4 is 5.32 Å². The largest absolute Gasteiger partial charge is 0.383 e. The summed E-state index contributed by atoms with van der Waals surface area (Å²) in [4.78, 5) is 0. The number of rotatable bonds is 7. The summed E-state index contributed by atoms with van der Waals surface area (Å²) in [5.41, 5.74) is 0. The highest BCUT2D eigenvalue weighted by Crippen LogP contribution is 1.85. The van der Waals surface area contributed by atoms with Crippen LogP contribution in [-0.4, -0.2) is 42.5 Å². The first-order chi connectivity index (χ1) is 5.66. The van der Waals surface area contributed by atoms with Gasteiger partial charge < -0.3 is 10.1 Å². The fraction of sp³-hybridized carbons (Fsp3) is 1.00. The Hall–Kier alpha value is 0.0700. The first-order valence-corrected chi connectivity index (χ1v) is 5.92. The molecule has 0 aliphatic heterocycles. The van der Waals surface area contributed by atoms with E-state index in [1.807, 2.05) is 0 Å². The van der Waals surface area contributed by atoms with Crippen molar-refractivity contribution >= 4 is 10.8 Å². The minimum atomic E-state index is -0.655. The van der Waals surface area contributed by atoms with Crippen LogP contribution in [0.3, 0.4) is 0 Å². The molecule has 2 atom stereocenters. The van der Waals surface area contributed by atoms with Crippen LogP contribution in [-0.2, 0) is 15.5 Å². The molecule has 0 aromatic carbocycles. The third-order valence-electron chi connectivity index (χ3n) is 1.52. The molecule has 0 saturated carbocycles. The van der Waals surface area contributed by atoms with Gasteiger partial charge in [-0.05, 0) is 19.9 Å². The molecule has 0 radical (unpaired) electrons. The van der Waals surface area contributed by atoms with E-state index in [-0.39, 0.29) is 0 Å². The number of methoxy groups -OCH3 is 1. The van der Waals surface area contributed by atoms with Crippen molar-refractivity contribution in [3.05, 3.63) is 0 Å². The molecule has 0 rings (SSSR count). The molecule has 0 aliphatic rings. The zero-order valence-electron chi connectivity index (χ0n) is 8.13. The smallest absolute Gasteiger partial charge is 0.0613 e. The minimum Gasteiger partial charge on any atom is -0.383 e. The van der Waals surface area contributed by atoms with Gasteiger partial charge in [-0.1, -0.05) is 0 Å².